The lowest BCUT2D eigenvalue weighted by atomic mass is 9.97. The van der Waals surface area contributed by atoms with E-state index in [0.717, 1.165) is 22.3 Å². The van der Waals surface area contributed by atoms with Crippen molar-refractivity contribution in [1.82, 2.24) is 0 Å². The first-order valence-corrected chi connectivity index (χ1v) is 14.1. The molecule has 5 atom stereocenters. The van der Waals surface area contributed by atoms with Gasteiger partial charge in [-0.05, 0) is 27.8 Å². The SMILES string of the molecule is [N-]=[N+]=N[C@@H]1O[C@H](COCc2ccccc2)[C@@H](OCc2ccccc2)[C@H](OCc2ccccc2)[C@H]1OCc1ccccc1. The fourth-order valence-corrected chi connectivity index (χ4v) is 4.91. The molecule has 0 N–H and O–H groups in total. The van der Waals surface area contributed by atoms with E-state index in [-0.39, 0.29) is 13.2 Å². The molecule has 8 nitrogen and oxygen atoms in total. The van der Waals surface area contributed by atoms with Gasteiger partial charge in [0.2, 0.25) is 0 Å². The smallest absolute Gasteiger partial charge is 0.165 e. The molecule has 0 bridgehead atoms. The van der Waals surface area contributed by atoms with Crippen molar-refractivity contribution in [2.24, 2.45) is 5.11 Å². The van der Waals surface area contributed by atoms with Gasteiger partial charge in [-0.25, -0.2) is 0 Å². The van der Waals surface area contributed by atoms with Gasteiger partial charge in [-0.1, -0.05) is 126 Å². The largest absolute Gasteiger partial charge is 0.374 e. The Hall–Kier alpha value is -4.01. The van der Waals surface area contributed by atoms with Crippen molar-refractivity contribution in [3.8, 4) is 0 Å². The Morgan fingerprint density at radius 1 is 0.548 bits per heavy atom. The number of azide groups is 1. The third-order valence-corrected chi connectivity index (χ3v) is 7.02. The average Bonchev–Trinajstić information content (AvgIpc) is 3.05. The van der Waals surface area contributed by atoms with Crippen molar-refractivity contribution in [3.63, 3.8) is 0 Å². The zero-order valence-electron chi connectivity index (χ0n) is 23.4. The Balaban J connectivity index is 1.41. The lowest BCUT2D eigenvalue weighted by molar-refractivity contribution is -0.271. The summed E-state index contributed by atoms with van der Waals surface area (Å²) in [6, 6.07) is 39.6. The van der Waals surface area contributed by atoms with E-state index in [0.29, 0.717) is 19.8 Å². The first kappa shape index (κ1) is 29.5. The van der Waals surface area contributed by atoms with Gasteiger partial charge in [-0.2, -0.15) is 0 Å². The van der Waals surface area contributed by atoms with Crippen LogP contribution in [-0.2, 0) is 50.1 Å². The Labute approximate surface area is 246 Å². The molecule has 4 aromatic rings. The molecule has 1 heterocycles. The Kier molecular flexibility index (Phi) is 11.1. The molecule has 0 radical (unpaired) electrons. The predicted molar refractivity (Wildman–Crippen MR) is 159 cm³/mol. The average molecular weight is 566 g/mol. The van der Waals surface area contributed by atoms with Crippen LogP contribution in [0.3, 0.4) is 0 Å². The fraction of sp³-hybridized carbons (Fsp3) is 0.294. The highest BCUT2D eigenvalue weighted by Crippen LogP contribution is 2.31. The molecule has 8 heteroatoms. The van der Waals surface area contributed by atoms with Gasteiger partial charge < -0.3 is 23.7 Å². The van der Waals surface area contributed by atoms with Gasteiger partial charge in [0.25, 0.3) is 0 Å². The fourth-order valence-electron chi connectivity index (χ4n) is 4.91. The van der Waals surface area contributed by atoms with Gasteiger partial charge in [-0.3, -0.25) is 0 Å². The van der Waals surface area contributed by atoms with E-state index in [1.807, 2.05) is 121 Å². The van der Waals surface area contributed by atoms with E-state index in [1.165, 1.54) is 0 Å². The van der Waals surface area contributed by atoms with Crippen LogP contribution in [0.1, 0.15) is 22.3 Å². The van der Waals surface area contributed by atoms with Crippen LogP contribution in [0.15, 0.2) is 126 Å². The van der Waals surface area contributed by atoms with Gasteiger partial charge >= 0.3 is 0 Å². The summed E-state index contributed by atoms with van der Waals surface area (Å²) in [4.78, 5) is 3.08. The number of rotatable bonds is 14. The summed E-state index contributed by atoms with van der Waals surface area (Å²) in [5, 5.41) is 3.99. The molecular weight excluding hydrogens is 530 g/mol. The number of nitrogens with zero attached hydrogens (tertiary/aromatic N) is 3. The van der Waals surface area contributed by atoms with Crippen molar-refractivity contribution < 1.29 is 23.7 Å². The molecule has 1 aliphatic rings. The minimum Gasteiger partial charge on any atom is -0.374 e. The second-order valence-electron chi connectivity index (χ2n) is 10.1. The van der Waals surface area contributed by atoms with Crippen molar-refractivity contribution in [3.05, 3.63) is 154 Å². The molecule has 1 saturated heterocycles. The zero-order chi connectivity index (χ0) is 28.8. The van der Waals surface area contributed by atoms with Crippen LogP contribution in [0.2, 0.25) is 0 Å². The summed E-state index contributed by atoms with van der Waals surface area (Å²) in [6.45, 7) is 1.57. The molecule has 1 aliphatic heterocycles. The second kappa shape index (κ2) is 15.8. The second-order valence-corrected chi connectivity index (χ2v) is 10.1. The van der Waals surface area contributed by atoms with Crippen LogP contribution in [0, 0.1) is 0 Å². The molecule has 216 valence electrons. The molecule has 4 aromatic carbocycles. The lowest BCUT2D eigenvalue weighted by Gasteiger charge is -2.45. The number of ether oxygens (including phenoxy) is 5. The number of hydrogen-bond donors (Lipinski definition) is 0. The molecule has 42 heavy (non-hydrogen) atoms. The van der Waals surface area contributed by atoms with Crippen LogP contribution in [0.4, 0.5) is 0 Å². The topological polar surface area (TPSA) is 94.9 Å². The standard InChI is InChI=1S/C34H35N3O5/c35-37-36-34-33(41-24-29-19-11-4-12-20-29)32(40-23-28-17-9-3-10-18-28)31(39-22-27-15-7-2-8-16-27)30(42-34)25-38-21-26-13-5-1-6-14-26/h1-20,30-34H,21-25H2/t30-,31-,32+,33-,34-/m1/s1. The Bertz CT molecular complexity index is 1370. The highest BCUT2D eigenvalue weighted by atomic mass is 16.6. The van der Waals surface area contributed by atoms with Crippen LogP contribution in [0.5, 0.6) is 0 Å². The summed E-state index contributed by atoms with van der Waals surface area (Å²) < 4.78 is 32.0. The van der Waals surface area contributed by atoms with Crippen molar-refractivity contribution >= 4 is 0 Å². The van der Waals surface area contributed by atoms with Crippen LogP contribution < -0.4 is 0 Å². The first-order chi connectivity index (χ1) is 20.8. The van der Waals surface area contributed by atoms with Crippen molar-refractivity contribution in [1.29, 1.82) is 0 Å². The van der Waals surface area contributed by atoms with Gasteiger partial charge in [0.15, 0.2) is 6.23 Å². The van der Waals surface area contributed by atoms with Crippen LogP contribution in [-0.4, -0.2) is 37.3 Å². The van der Waals surface area contributed by atoms with Crippen LogP contribution >= 0.6 is 0 Å². The normalized spacial score (nSPS) is 21.9. The third-order valence-electron chi connectivity index (χ3n) is 7.02. The summed E-state index contributed by atoms with van der Waals surface area (Å²) in [6.07, 6.45) is -3.44. The van der Waals surface area contributed by atoms with Gasteiger partial charge in [0, 0.05) is 4.91 Å². The van der Waals surface area contributed by atoms with Gasteiger partial charge in [0.05, 0.1) is 33.0 Å². The molecular formula is C34H35N3O5. The molecule has 0 amide bonds. The van der Waals surface area contributed by atoms with Gasteiger partial charge in [-0.15, -0.1) is 0 Å². The van der Waals surface area contributed by atoms with Crippen molar-refractivity contribution in [2.75, 3.05) is 6.61 Å². The molecule has 5 rings (SSSR count). The predicted octanol–water partition coefficient (Wildman–Crippen LogP) is 6.99. The summed E-state index contributed by atoms with van der Waals surface area (Å²) >= 11 is 0. The molecule has 0 unspecified atom stereocenters. The van der Waals surface area contributed by atoms with E-state index in [1.54, 1.807) is 0 Å². The van der Waals surface area contributed by atoms with E-state index in [2.05, 4.69) is 10.0 Å². The lowest BCUT2D eigenvalue weighted by Crippen LogP contribution is -2.60. The first-order valence-electron chi connectivity index (χ1n) is 14.1. The summed E-state index contributed by atoms with van der Waals surface area (Å²) in [7, 11) is 0. The maximum Gasteiger partial charge on any atom is 0.165 e. The molecule has 1 fully saturated rings. The monoisotopic (exact) mass is 565 g/mol. The van der Waals surface area contributed by atoms with Crippen molar-refractivity contribution in [2.45, 2.75) is 57.1 Å². The molecule has 0 spiro atoms. The number of benzene rings is 4. The summed E-state index contributed by atoms with van der Waals surface area (Å²) in [5.41, 5.74) is 13.5. The molecule has 0 aromatic heterocycles. The van der Waals surface area contributed by atoms with Gasteiger partial charge in [0.1, 0.15) is 24.4 Å². The zero-order valence-corrected chi connectivity index (χ0v) is 23.4. The quantitative estimate of drug-likeness (QED) is 0.0933. The minimum absolute atomic E-state index is 0.211. The van der Waals surface area contributed by atoms with E-state index < -0.39 is 30.6 Å². The highest BCUT2D eigenvalue weighted by Gasteiger charge is 2.48. The van der Waals surface area contributed by atoms with E-state index >= 15 is 0 Å². The minimum atomic E-state index is -0.943. The molecule has 0 saturated carbocycles. The summed E-state index contributed by atoms with van der Waals surface area (Å²) in [5.74, 6) is 0. The van der Waals surface area contributed by atoms with E-state index in [9.17, 15) is 5.53 Å². The molecule has 0 aliphatic carbocycles. The third kappa shape index (κ3) is 8.50. The number of hydrogen-bond acceptors (Lipinski definition) is 6. The Morgan fingerprint density at radius 3 is 1.40 bits per heavy atom. The maximum atomic E-state index is 9.46. The highest BCUT2D eigenvalue weighted by molar-refractivity contribution is 5.16. The Morgan fingerprint density at radius 2 is 0.952 bits per heavy atom. The maximum absolute atomic E-state index is 9.46. The van der Waals surface area contributed by atoms with Crippen LogP contribution in [0.25, 0.3) is 10.4 Å². The van der Waals surface area contributed by atoms with E-state index in [4.69, 9.17) is 23.7 Å².